The normalized spacial score (nSPS) is 9.74. The van der Waals surface area contributed by atoms with E-state index in [-0.39, 0.29) is 18.3 Å². The Morgan fingerprint density at radius 2 is 1.84 bits per heavy atom. The van der Waals surface area contributed by atoms with Gasteiger partial charge in [0.25, 0.3) is 0 Å². The van der Waals surface area contributed by atoms with Gasteiger partial charge in [-0.05, 0) is 31.3 Å². The number of amides is 1. The first-order valence-corrected chi connectivity index (χ1v) is 5.71. The van der Waals surface area contributed by atoms with Crippen molar-refractivity contribution in [2.24, 2.45) is 0 Å². The number of hydrogen-bond donors (Lipinski definition) is 2. The number of nitrogens with zero attached hydrogens (tertiary/aromatic N) is 3. The second-order valence-corrected chi connectivity index (χ2v) is 3.77. The maximum atomic E-state index is 11.5. The lowest BCUT2D eigenvalue weighted by Gasteiger charge is -2.06. The number of rotatable bonds is 5. The molecule has 0 aliphatic rings. The Kier molecular flexibility index (Phi) is 5.98. The molecule has 1 aromatic carbocycles. The SMILES string of the molecule is CNCCC(=O)Nc1ccc(-n2nccn2)cc1.Cl. The standard InChI is InChI=1S/C12H15N5O.ClH/c1-13-7-6-12(18)16-10-2-4-11(5-3-10)17-14-8-9-15-17;/h2-5,8-9,13H,6-7H2,1H3,(H,16,18);1H. The van der Waals surface area contributed by atoms with E-state index in [1.54, 1.807) is 12.4 Å². The number of benzene rings is 1. The van der Waals surface area contributed by atoms with Gasteiger partial charge in [-0.2, -0.15) is 15.0 Å². The summed E-state index contributed by atoms with van der Waals surface area (Å²) < 4.78 is 0. The molecule has 0 spiro atoms. The Morgan fingerprint density at radius 1 is 1.21 bits per heavy atom. The van der Waals surface area contributed by atoms with Gasteiger partial charge in [0.05, 0.1) is 18.1 Å². The van der Waals surface area contributed by atoms with E-state index in [0.29, 0.717) is 13.0 Å². The fraction of sp³-hybridized carbons (Fsp3) is 0.250. The summed E-state index contributed by atoms with van der Waals surface area (Å²) >= 11 is 0. The molecule has 0 unspecified atom stereocenters. The van der Waals surface area contributed by atoms with E-state index in [1.807, 2.05) is 31.3 Å². The average Bonchev–Trinajstić information content (AvgIpc) is 2.91. The molecule has 0 atom stereocenters. The van der Waals surface area contributed by atoms with Crippen molar-refractivity contribution >= 4 is 24.0 Å². The van der Waals surface area contributed by atoms with Crippen LogP contribution in [0.3, 0.4) is 0 Å². The lowest BCUT2D eigenvalue weighted by atomic mass is 10.2. The van der Waals surface area contributed by atoms with Crippen LogP contribution in [0.1, 0.15) is 6.42 Å². The highest BCUT2D eigenvalue weighted by molar-refractivity contribution is 5.90. The molecular weight excluding hydrogens is 266 g/mol. The zero-order chi connectivity index (χ0) is 12.8. The smallest absolute Gasteiger partial charge is 0.225 e. The van der Waals surface area contributed by atoms with Gasteiger partial charge >= 0.3 is 0 Å². The number of carbonyl (C=O) groups excluding carboxylic acids is 1. The summed E-state index contributed by atoms with van der Waals surface area (Å²) in [6, 6.07) is 7.37. The minimum atomic E-state index is -0.00526. The lowest BCUT2D eigenvalue weighted by molar-refractivity contribution is -0.116. The average molecular weight is 282 g/mol. The van der Waals surface area contributed by atoms with Gasteiger partial charge in [0, 0.05) is 18.7 Å². The van der Waals surface area contributed by atoms with Crippen molar-refractivity contribution in [3.63, 3.8) is 0 Å². The van der Waals surface area contributed by atoms with Crippen LogP contribution in [0.5, 0.6) is 0 Å². The number of carbonyl (C=O) groups is 1. The number of halogens is 1. The van der Waals surface area contributed by atoms with E-state index in [9.17, 15) is 4.79 Å². The molecule has 19 heavy (non-hydrogen) atoms. The van der Waals surface area contributed by atoms with Crippen molar-refractivity contribution in [3.05, 3.63) is 36.7 Å². The van der Waals surface area contributed by atoms with Gasteiger partial charge in [0.15, 0.2) is 0 Å². The molecular formula is C12H16ClN5O. The van der Waals surface area contributed by atoms with Crippen molar-refractivity contribution in [2.45, 2.75) is 6.42 Å². The van der Waals surface area contributed by atoms with Crippen LogP contribution < -0.4 is 10.6 Å². The van der Waals surface area contributed by atoms with Gasteiger partial charge in [0.2, 0.25) is 5.91 Å². The van der Waals surface area contributed by atoms with E-state index < -0.39 is 0 Å². The first-order chi connectivity index (χ1) is 8.79. The first-order valence-electron chi connectivity index (χ1n) is 5.71. The van der Waals surface area contributed by atoms with E-state index in [0.717, 1.165) is 11.4 Å². The molecule has 0 fully saturated rings. The molecule has 1 amide bonds. The summed E-state index contributed by atoms with van der Waals surface area (Å²) in [6.07, 6.45) is 3.69. The van der Waals surface area contributed by atoms with Crippen molar-refractivity contribution in [1.29, 1.82) is 0 Å². The Morgan fingerprint density at radius 3 is 2.42 bits per heavy atom. The van der Waals surface area contributed by atoms with Crippen molar-refractivity contribution in [1.82, 2.24) is 20.3 Å². The summed E-state index contributed by atoms with van der Waals surface area (Å²) in [5, 5.41) is 13.8. The first kappa shape index (κ1) is 15.1. The molecule has 1 aromatic heterocycles. The fourth-order valence-electron chi connectivity index (χ4n) is 1.49. The van der Waals surface area contributed by atoms with E-state index in [2.05, 4.69) is 20.8 Å². The molecule has 0 saturated carbocycles. The minimum absolute atomic E-state index is 0. The van der Waals surface area contributed by atoms with Crippen LogP contribution in [0.25, 0.3) is 5.69 Å². The highest BCUT2D eigenvalue weighted by atomic mass is 35.5. The predicted molar refractivity (Wildman–Crippen MR) is 75.8 cm³/mol. The molecule has 2 aromatic rings. The molecule has 0 bridgehead atoms. The molecule has 2 rings (SSSR count). The minimum Gasteiger partial charge on any atom is -0.326 e. The number of aromatic nitrogens is 3. The maximum absolute atomic E-state index is 11.5. The van der Waals surface area contributed by atoms with Crippen molar-refractivity contribution < 1.29 is 4.79 Å². The van der Waals surface area contributed by atoms with Crippen LogP contribution in [-0.4, -0.2) is 34.5 Å². The third-order valence-electron chi connectivity index (χ3n) is 2.40. The van der Waals surface area contributed by atoms with Crippen LogP contribution in [0.4, 0.5) is 5.69 Å². The van der Waals surface area contributed by atoms with Gasteiger partial charge < -0.3 is 10.6 Å². The van der Waals surface area contributed by atoms with Gasteiger partial charge in [-0.15, -0.1) is 12.4 Å². The molecule has 102 valence electrons. The molecule has 0 aliphatic carbocycles. The van der Waals surface area contributed by atoms with Gasteiger partial charge in [0.1, 0.15) is 0 Å². The zero-order valence-corrected chi connectivity index (χ0v) is 11.4. The molecule has 0 aliphatic heterocycles. The second-order valence-electron chi connectivity index (χ2n) is 3.77. The summed E-state index contributed by atoms with van der Waals surface area (Å²) in [6.45, 7) is 0.668. The Hall–Kier alpha value is -1.92. The van der Waals surface area contributed by atoms with Crippen LogP contribution >= 0.6 is 12.4 Å². The third-order valence-corrected chi connectivity index (χ3v) is 2.40. The van der Waals surface area contributed by atoms with Gasteiger partial charge in [-0.3, -0.25) is 4.79 Å². The lowest BCUT2D eigenvalue weighted by Crippen LogP contribution is -2.18. The predicted octanol–water partition coefficient (Wildman–Crippen LogP) is 1.24. The van der Waals surface area contributed by atoms with Crippen LogP contribution in [-0.2, 0) is 4.79 Å². The van der Waals surface area contributed by atoms with Crippen LogP contribution in [0.15, 0.2) is 36.7 Å². The highest BCUT2D eigenvalue weighted by Crippen LogP contribution is 2.11. The maximum Gasteiger partial charge on any atom is 0.225 e. The molecule has 6 nitrogen and oxygen atoms in total. The highest BCUT2D eigenvalue weighted by Gasteiger charge is 2.02. The van der Waals surface area contributed by atoms with Crippen LogP contribution in [0.2, 0.25) is 0 Å². The molecule has 0 radical (unpaired) electrons. The molecule has 7 heteroatoms. The number of anilines is 1. The quantitative estimate of drug-likeness (QED) is 0.865. The summed E-state index contributed by atoms with van der Waals surface area (Å²) in [7, 11) is 1.82. The monoisotopic (exact) mass is 281 g/mol. The third kappa shape index (κ3) is 4.35. The zero-order valence-electron chi connectivity index (χ0n) is 10.5. The Labute approximate surface area is 117 Å². The van der Waals surface area contributed by atoms with Crippen molar-refractivity contribution in [3.8, 4) is 5.69 Å². The Balaban J connectivity index is 0.00000180. The number of nitrogens with one attached hydrogen (secondary N) is 2. The van der Waals surface area contributed by atoms with E-state index in [1.165, 1.54) is 4.80 Å². The van der Waals surface area contributed by atoms with Crippen LogP contribution in [0, 0.1) is 0 Å². The summed E-state index contributed by atoms with van der Waals surface area (Å²) in [5.41, 5.74) is 1.63. The van der Waals surface area contributed by atoms with Crippen molar-refractivity contribution in [2.75, 3.05) is 18.9 Å². The molecule has 1 heterocycles. The summed E-state index contributed by atoms with van der Waals surface area (Å²) in [4.78, 5) is 13.0. The summed E-state index contributed by atoms with van der Waals surface area (Å²) in [5.74, 6) is -0.00526. The largest absolute Gasteiger partial charge is 0.326 e. The molecule has 2 N–H and O–H groups in total. The van der Waals surface area contributed by atoms with Gasteiger partial charge in [-0.25, -0.2) is 0 Å². The second kappa shape index (κ2) is 7.50. The fourth-order valence-corrected chi connectivity index (χ4v) is 1.49. The van der Waals surface area contributed by atoms with E-state index in [4.69, 9.17) is 0 Å². The van der Waals surface area contributed by atoms with Gasteiger partial charge in [-0.1, -0.05) is 0 Å². The van der Waals surface area contributed by atoms with E-state index >= 15 is 0 Å². The topological polar surface area (TPSA) is 71.8 Å². The Bertz CT molecular complexity index is 497. The molecule has 0 saturated heterocycles. The number of hydrogen-bond acceptors (Lipinski definition) is 4.